The van der Waals surface area contributed by atoms with Crippen LogP contribution >= 0.6 is 0 Å². The molecule has 0 bridgehead atoms. The van der Waals surface area contributed by atoms with Crippen molar-refractivity contribution in [1.29, 1.82) is 0 Å². The van der Waals surface area contributed by atoms with Crippen molar-refractivity contribution in [1.82, 2.24) is 4.98 Å². The topological polar surface area (TPSA) is 48.1 Å². The van der Waals surface area contributed by atoms with E-state index in [1.54, 1.807) is 24.4 Å². The second-order valence-electron chi connectivity index (χ2n) is 4.35. The molecule has 0 aliphatic heterocycles. The predicted molar refractivity (Wildman–Crippen MR) is 76.1 cm³/mol. The van der Waals surface area contributed by atoms with E-state index in [4.69, 9.17) is 10.5 Å². The zero-order valence-electron chi connectivity index (χ0n) is 10.7. The van der Waals surface area contributed by atoms with E-state index >= 15 is 0 Å². The van der Waals surface area contributed by atoms with Gasteiger partial charge in [-0.25, -0.2) is 4.39 Å². The van der Waals surface area contributed by atoms with E-state index in [9.17, 15) is 4.39 Å². The van der Waals surface area contributed by atoms with Gasteiger partial charge < -0.3 is 10.5 Å². The molecule has 3 aromatic rings. The molecule has 3 nitrogen and oxygen atoms in total. The van der Waals surface area contributed by atoms with Crippen LogP contribution < -0.4 is 10.5 Å². The molecular formula is C16H13FN2O. The van der Waals surface area contributed by atoms with Gasteiger partial charge in [0.05, 0.1) is 0 Å². The maximum atomic E-state index is 13.7. The highest BCUT2D eigenvalue weighted by atomic mass is 19.1. The number of halogens is 1. The number of benzene rings is 2. The van der Waals surface area contributed by atoms with Gasteiger partial charge >= 0.3 is 0 Å². The summed E-state index contributed by atoms with van der Waals surface area (Å²) in [7, 11) is 0. The molecule has 1 heterocycles. The number of nitrogens with two attached hydrogens (primary N) is 1. The Morgan fingerprint density at radius 3 is 2.60 bits per heavy atom. The zero-order valence-corrected chi connectivity index (χ0v) is 10.7. The van der Waals surface area contributed by atoms with Crippen molar-refractivity contribution in [3.63, 3.8) is 0 Å². The summed E-state index contributed by atoms with van der Waals surface area (Å²) in [6.07, 6.45) is 1.70. The number of fused-ring (bicyclic) bond motifs is 1. The van der Waals surface area contributed by atoms with Crippen LogP contribution in [-0.4, -0.2) is 4.98 Å². The average molecular weight is 268 g/mol. The van der Waals surface area contributed by atoms with Crippen molar-refractivity contribution in [3.8, 4) is 11.5 Å². The lowest BCUT2D eigenvalue weighted by Gasteiger charge is -2.12. The Kier molecular flexibility index (Phi) is 3.31. The third-order valence-electron chi connectivity index (χ3n) is 3.10. The Labute approximate surface area is 115 Å². The summed E-state index contributed by atoms with van der Waals surface area (Å²) in [6, 6.07) is 14.1. The minimum Gasteiger partial charge on any atom is -0.455 e. The van der Waals surface area contributed by atoms with Gasteiger partial charge in [0, 0.05) is 23.7 Å². The van der Waals surface area contributed by atoms with Crippen LogP contribution in [0.3, 0.4) is 0 Å². The van der Waals surface area contributed by atoms with Gasteiger partial charge in [0.15, 0.2) is 5.75 Å². The summed E-state index contributed by atoms with van der Waals surface area (Å²) < 4.78 is 19.5. The molecule has 0 atom stereocenters. The van der Waals surface area contributed by atoms with Crippen LogP contribution in [-0.2, 0) is 6.54 Å². The summed E-state index contributed by atoms with van der Waals surface area (Å²) in [5.41, 5.74) is 6.68. The lowest BCUT2D eigenvalue weighted by molar-refractivity contribution is 0.471. The van der Waals surface area contributed by atoms with Crippen molar-refractivity contribution >= 4 is 10.9 Å². The molecule has 0 fully saturated rings. The first-order chi connectivity index (χ1) is 9.79. The van der Waals surface area contributed by atoms with Gasteiger partial charge in [0.2, 0.25) is 0 Å². The van der Waals surface area contributed by atoms with E-state index in [1.165, 1.54) is 6.07 Å². The van der Waals surface area contributed by atoms with Gasteiger partial charge in [-0.2, -0.15) is 0 Å². The van der Waals surface area contributed by atoms with Crippen molar-refractivity contribution in [2.24, 2.45) is 5.73 Å². The van der Waals surface area contributed by atoms with Gasteiger partial charge in [-0.1, -0.05) is 24.3 Å². The van der Waals surface area contributed by atoms with E-state index < -0.39 is 0 Å². The van der Waals surface area contributed by atoms with E-state index in [0.717, 1.165) is 10.9 Å². The van der Waals surface area contributed by atoms with Crippen molar-refractivity contribution < 1.29 is 9.13 Å². The lowest BCUT2D eigenvalue weighted by atomic mass is 10.2. The fraction of sp³-hybridized carbons (Fsp3) is 0.0625. The third-order valence-corrected chi connectivity index (χ3v) is 3.10. The maximum Gasteiger partial charge on any atom is 0.153 e. The molecule has 0 aliphatic carbocycles. The van der Waals surface area contributed by atoms with Crippen LogP contribution in [0.4, 0.5) is 4.39 Å². The Morgan fingerprint density at radius 1 is 1.00 bits per heavy atom. The molecule has 0 amide bonds. The molecule has 2 aromatic carbocycles. The van der Waals surface area contributed by atoms with Crippen molar-refractivity contribution in [2.75, 3.05) is 0 Å². The molecule has 0 spiro atoms. The molecule has 4 heteroatoms. The van der Waals surface area contributed by atoms with Gasteiger partial charge in [-0.3, -0.25) is 4.98 Å². The van der Waals surface area contributed by atoms with Crippen LogP contribution in [0.15, 0.2) is 54.7 Å². The van der Waals surface area contributed by atoms with Crippen LogP contribution in [0, 0.1) is 5.82 Å². The third kappa shape index (κ3) is 2.21. The summed E-state index contributed by atoms with van der Waals surface area (Å²) in [5.74, 6) is 0.646. The number of nitrogens with zero attached hydrogens (tertiary/aromatic N) is 1. The second kappa shape index (κ2) is 5.27. The van der Waals surface area contributed by atoms with Gasteiger partial charge in [0.1, 0.15) is 17.1 Å². The first kappa shape index (κ1) is 12.6. The number of pyridine rings is 1. The minimum absolute atomic E-state index is 0.0835. The molecule has 100 valence electrons. The Balaban J connectivity index is 2.08. The first-order valence-electron chi connectivity index (χ1n) is 6.28. The molecule has 0 saturated heterocycles. The zero-order chi connectivity index (χ0) is 13.9. The lowest BCUT2D eigenvalue weighted by Crippen LogP contribution is -2.02. The molecule has 20 heavy (non-hydrogen) atoms. The Hall–Kier alpha value is -2.46. The van der Waals surface area contributed by atoms with Crippen LogP contribution in [0.2, 0.25) is 0 Å². The predicted octanol–water partition coefficient (Wildman–Crippen LogP) is 3.62. The highest BCUT2D eigenvalue weighted by Crippen LogP contribution is 2.31. The molecule has 3 rings (SSSR count). The largest absolute Gasteiger partial charge is 0.455 e. The standard InChI is InChI=1S/C16H13FN2O/c17-13-6-2-7-14(12(13)10-18)20-15-8-1-4-11-5-3-9-19-16(11)15/h1-9H,10,18H2. The molecule has 1 aromatic heterocycles. The number of hydrogen-bond acceptors (Lipinski definition) is 3. The normalized spacial score (nSPS) is 10.7. The van der Waals surface area contributed by atoms with E-state index in [2.05, 4.69) is 4.98 Å². The Bertz CT molecular complexity index is 753. The van der Waals surface area contributed by atoms with E-state index in [-0.39, 0.29) is 12.4 Å². The van der Waals surface area contributed by atoms with Crippen molar-refractivity contribution in [3.05, 3.63) is 66.1 Å². The number of hydrogen-bond donors (Lipinski definition) is 1. The first-order valence-corrected chi connectivity index (χ1v) is 6.28. The number of aromatic nitrogens is 1. The van der Waals surface area contributed by atoms with Gasteiger partial charge in [0.25, 0.3) is 0 Å². The summed E-state index contributed by atoms with van der Waals surface area (Å²) >= 11 is 0. The van der Waals surface area contributed by atoms with Crippen molar-refractivity contribution in [2.45, 2.75) is 6.54 Å². The summed E-state index contributed by atoms with van der Waals surface area (Å²) in [5, 5.41) is 0.968. The molecular weight excluding hydrogens is 255 g/mol. The quantitative estimate of drug-likeness (QED) is 0.789. The van der Waals surface area contributed by atoms with Gasteiger partial charge in [-0.15, -0.1) is 0 Å². The minimum atomic E-state index is -0.363. The smallest absolute Gasteiger partial charge is 0.153 e. The molecule has 0 aliphatic rings. The molecule has 0 saturated carbocycles. The van der Waals surface area contributed by atoms with Crippen LogP contribution in [0.5, 0.6) is 11.5 Å². The van der Waals surface area contributed by atoms with Crippen LogP contribution in [0.1, 0.15) is 5.56 Å². The SMILES string of the molecule is NCc1c(F)cccc1Oc1cccc2cccnc12. The molecule has 2 N–H and O–H groups in total. The average Bonchev–Trinajstić information content (AvgIpc) is 2.48. The highest BCUT2D eigenvalue weighted by molar-refractivity contribution is 5.84. The number of para-hydroxylation sites is 1. The fourth-order valence-corrected chi connectivity index (χ4v) is 2.11. The number of rotatable bonds is 3. The Morgan fingerprint density at radius 2 is 1.75 bits per heavy atom. The monoisotopic (exact) mass is 268 g/mol. The van der Waals surface area contributed by atoms with E-state index in [0.29, 0.717) is 17.1 Å². The maximum absolute atomic E-state index is 13.7. The second-order valence-corrected chi connectivity index (χ2v) is 4.35. The summed E-state index contributed by atoms with van der Waals surface area (Å²) in [4.78, 5) is 4.31. The number of ether oxygens (including phenoxy) is 1. The molecule has 0 radical (unpaired) electrons. The highest BCUT2D eigenvalue weighted by Gasteiger charge is 2.10. The fourth-order valence-electron chi connectivity index (χ4n) is 2.11. The summed E-state index contributed by atoms with van der Waals surface area (Å²) in [6.45, 7) is 0.0835. The van der Waals surface area contributed by atoms with Crippen LogP contribution in [0.25, 0.3) is 10.9 Å². The molecule has 0 unspecified atom stereocenters. The van der Waals surface area contributed by atoms with E-state index in [1.807, 2.05) is 24.3 Å². The van der Waals surface area contributed by atoms with Gasteiger partial charge in [-0.05, 0) is 24.3 Å².